The summed E-state index contributed by atoms with van der Waals surface area (Å²) >= 11 is 0. The van der Waals surface area contributed by atoms with Crippen LogP contribution in [0.5, 0.6) is 11.5 Å². The zero-order valence-corrected chi connectivity index (χ0v) is 11.5. The standard InChI is InChI=1S/C13H17F2NO4/c1-4-20-12(17)13(14,15)11(16)10-8(18-2)6-5-7-9(10)19-3/h5-7,11H,4,16H2,1-3H3/t11-/m0/s1. The number of hydrogen-bond acceptors (Lipinski definition) is 5. The van der Waals surface area contributed by atoms with Gasteiger partial charge in [0.05, 0.1) is 26.4 Å². The van der Waals surface area contributed by atoms with Crippen LogP contribution in [0.1, 0.15) is 18.5 Å². The van der Waals surface area contributed by atoms with Gasteiger partial charge < -0.3 is 19.9 Å². The van der Waals surface area contributed by atoms with Crippen LogP contribution >= 0.6 is 0 Å². The molecule has 0 fully saturated rings. The SMILES string of the molecule is CCOC(=O)C(F)(F)[C@@H](N)c1c(OC)cccc1OC. The lowest BCUT2D eigenvalue weighted by Gasteiger charge is -2.24. The Labute approximate surface area is 115 Å². The van der Waals surface area contributed by atoms with Gasteiger partial charge in [-0.15, -0.1) is 0 Å². The van der Waals surface area contributed by atoms with Gasteiger partial charge in [-0.25, -0.2) is 4.79 Å². The molecule has 0 aliphatic rings. The van der Waals surface area contributed by atoms with Gasteiger partial charge >= 0.3 is 11.9 Å². The van der Waals surface area contributed by atoms with Crippen molar-refractivity contribution < 1.29 is 27.8 Å². The minimum Gasteiger partial charge on any atom is -0.496 e. The zero-order valence-electron chi connectivity index (χ0n) is 11.5. The number of methoxy groups -OCH3 is 2. The molecule has 0 bridgehead atoms. The quantitative estimate of drug-likeness (QED) is 0.810. The molecule has 0 saturated carbocycles. The van der Waals surface area contributed by atoms with Crippen LogP contribution in [0.15, 0.2) is 18.2 Å². The van der Waals surface area contributed by atoms with E-state index in [-0.39, 0.29) is 23.7 Å². The van der Waals surface area contributed by atoms with Crippen molar-refractivity contribution in [2.75, 3.05) is 20.8 Å². The Morgan fingerprint density at radius 2 is 1.80 bits per heavy atom. The van der Waals surface area contributed by atoms with Crippen LogP contribution < -0.4 is 15.2 Å². The van der Waals surface area contributed by atoms with Crippen LogP contribution in [0.2, 0.25) is 0 Å². The number of carbonyl (C=O) groups is 1. The Hall–Kier alpha value is -1.89. The predicted octanol–water partition coefficient (Wildman–Crippen LogP) is 1.90. The minimum absolute atomic E-state index is 0.0875. The van der Waals surface area contributed by atoms with E-state index in [1.807, 2.05) is 0 Å². The van der Waals surface area contributed by atoms with Gasteiger partial charge in [0.1, 0.15) is 17.5 Å². The summed E-state index contributed by atoms with van der Waals surface area (Å²) in [6, 6.07) is 2.54. The summed E-state index contributed by atoms with van der Waals surface area (Å²) in [6.07, 6.45) is 0. The first-order valence-corrected chi connectivity index (χ1v) is 5.91. The van der Waals surface area contributed by atoms with Gasteiger partial charge in [0.25, 0.3) is 0 Å². The van der Waals surface area contributed by atoms with E-state index >= 15 is 0 Å². The molecule has 2 N–H and O–H groups in total. The molecule has 1 aromatic carbocycles. The van der Waals surface area contributed by atoms with Crippen LogP contribution in [0, 0.1) is 0 Å². The number of nitrogens with two attached hydrogens (primary N) is 1. The summed E-state index contributed by atoms with van der Waals surface area (Å²) in [5.41, 5.74) is 5.46. The van der Waals surface area contributed by atoms with Crippen LogP contribution in [-0.4, -0.2) is 32.7 Å². The van der Waals surface area contributed by atoms with Gasteiger partial charge in [0.15, 0.2) is 0 Å². The third-order valence-corrected chi connectivity index (χ3v) is 2.72. The van der Waals surface area contributed by atoms with Crippen molar-refractivity contribution in [1.29, 1.82) is 0 Å². The molecule has 0 saturated heterocycles. The Bertz CT molecular complexity index is 457. The number of benzene rings is 1. The molecular weight excluding hydrogens is 272 g/mol. The molecule has 1 rings (SSSR count). The largest absolute Gasteiger partial charge is 0.496 e. The van der Waals surface area contributed by atoms with E-state index in [9.17, 15) is 13.6 Å². The van der Waals surface area contributed by atoms with Crippen LogP contribution in [-0.2, 0) is 9.53 Å². The van der Waals surface area contributed by atoms with E-state index in [4.69, 9.17) is 15.2 Å². The van der Waals surface area contributed by atoms with Crippen LogP contribution in [0.25, 0.3) is 0 Å². The Morgan fingerprint density at radius 1 is 1.30 bits per heavy atom. The minimum atomic E-state index is -3.89. The summed E-state index contributed by atoms with van der Waals surface area (Å²) in [7, 11) is 2.63. The lowest BCUT2D eigenvalue weighted by Crippen LogP contribution is -2.42. The van der Waals surface area contributed by atoms with Crippen molar-refractivity contribution in [3.63, 3.8) is 0 Å². The smallest absolute Gasteiger partial charge is 0.379 e. The van der Waals surface area contributed by atoms with Crippen molar-refractivity contribution >= 4 is 5.97 Å². The van der Waals surface area contributed by atoms with Gasteiger partial charge in [-0.1, -0.05) is 6.07 Å². The average molecular weight is 289 g/mol. The number of hydrogen-bond donors (Lipinski definition) is 1. The molecule has 0 spiro atoms. The lowest BCUT2D eigenvalue weighted by atomic mass is 9.99. The second kappa shape index (κ2) is 6.51. The van der Waals surface area contributed by atoms with E-state index in [0.29, 0.717) is 0 Å². The number of rotatable bonds is 6. The number of alkyl halides is 2. The zero-order chi connectivity index (χ0) is 15.3. The second-order valence-corrected chi connectivity index (χ2v) is 3.90. The molecule has 0 aromatic heterocycles. The van der Waals surface area contributed by atoms with Gasteiger partial charge in [-0.2, -0.15) is 8.78 Å². The molecule has 0 aliphatic carbocycles. The van der Waals surface area contributed by atoms with Crippen LogP contribution in [0.3, 0.4) is 0 Å². The monoisotopic (exact) mass is 289 g/mol. The van der Waals surface area contributed by atoms with Gasteiger partial charge in [-0.3, -0.25) is 0 Å². The van der Waals surface area contributed by atoms with Gasteiger partial charge in [0, 0.05) is 0 Å². The average Bonchev–Trinajstić information content (AvgIpc) is 2.45. The molecular formula is C13H17F2NO4. The molecule has 0 heterocycles. The molecule has 1 aromatic rings. The molecule has 0 amide bonds. The highest BCUT2D eigenvalue weighted by atomic mass is 19.3. The number of ether oxygens (including phenoxy) is 3. The van der Waals surface area contributed by atoms with Gasteiger partial charge in [-0.05, 0) is 19.1 Å². The number of esters is 1. The second-order valence-electron chi connectivity index (χ2n) is 3.90. The molecule has 7 heteroatoms. The van der Waals surface area contributed by atoms with Crippen molar-refractivity contribution in [3.8, 4) is 11.5 Å². The lowest BCUT2D eigenvalue weighted by molar-refractivity contribution is -0.174. The number of halogens is 2. The first-order valence-electron chi connectivity index (χ1n) is 5.91. The highest BCUT2D eigenvalue weighted by Crippen LogP contribution is 2.40. The summed E-state index contributed by atoms with van der Waals surface area (Å²) in [5, 5.41) is 0. The third kappa shape index (κ3) is 2.98. The van der Waals surface area contributed by atoms with E-state index in [2.05, 4.69) is 4.74 Å². The first-order chi connectivity index (χ1) is 9.39. The van der Waals surface area contributed by atoms with Gasteiger partial charge in [0.2, 0.25) is 0 Å². The molecule has 1 atom stereocenters. The molecule has 0 aliphatic heterocycles. The Kier molecular flexibility index (Phi) is 5.26. The molecule has 0 unspecified atom stereocenters. The summed E-state index contributed by atoms with van der Waals surface area (Å²) in [4.78, 5) is 11.3. The molecule has 20 heavy (non-hydrogen) atoms. The van der Waals surface area contributed by atoms with E-state index in [1.165, 1.54) is 33.3 Å². The first kappa shape index (κ1) is 16.2. The summed E-state index contributed by atoms with van der Waals surface area (Å²) in [5.74, 6) is -5.35. The summed E-state index contributed by atoms with van der Waals surface area (Å²) < 4.78 is 42.4. The van der Waals surface area contributed by atoms with Crippen molar-refractivity contribution in [2.45, 2.75) is 18.9 Å². The fraction of sp³-hybridized carbons (Fsp3) is 0.462. The fourth-order valence-electron chi connectivity index (χ4n) is 1.72. The molecule has 112 valence electrons. The van der Waals surface area contributed by atoms with Crippen molar-refractivity contribution in [2.24, 2.45) is 5.73 Å². The van der Waals surface area contributed by atoms with E-state index < -0.39 is 17.9 Å². The topological polar surface area (TPSA) is 70.8 Å². The van der Waals surface area contributed by atoms with E-state index in [0.717, 1.165) is 0 Å². The highest BCUT2D eigenvalue weighted by Gasteiger charge is 2.49. The Morgan fingerprint density at radius 3 is 2.20 bits per heavy atom. The Balaban J connectivity index is 3.25. The maximum absolute atomic E-state index is 14.0. The molecule has 0 radical (unpaired) electrons. The van der Waals surface area contributed by atoms with Crippen LogP contribution in [0.4, 0.5) is 8.78 Å². The maximum Gasteiger partial charge on any atom is 0.379 e. The summed E-state index contributed by atoms with van der Waals surface area (Å²) in [6.45, 7) is 1.27. The molecule has 5 nitrogen and oxygen atoms in total. The number of carbonyl (C=O) groups excluding carboxylic acids is 1. The van der Waals surface area contributed by atoms with Crippen molar-refractivity contribution in [1.82, 2.24) is 0 Å². The normalized spacial score (nSPS) is 12.7. The predicted molar refractivity (Wildman–Crippen MR) is 68.1 cm³/mol. The fourth-order valence-corrected chi connectivity index (χ4v) is 1.72. The van der Waals surface area contributed by atoms with Crippen molar-refractivity contribution in [3.05, 3.63) is 23.8 Å². The van der Waals surface area contributed by atoms with E-state index in [1.54, 1.807) is 6.07 Å². The third-order valence-electron chi connectivity index (χ3n) is 2.72. The highest BCUT2D eigenvalue weighted by molar-refractivity contribution is 5.79. The maximum atomic E-state index is 14.0.